The molecule has 0 aromatic rings. The second-order valence-electron chi connectivity index (χ2n) is 4.07. The van der Waals surface area contributed by atoms with Gasteiger partial charge in [-0.2, -0.15) is 0 Å². The second-order valence-corrected chi connectivity index (χ2v) is 4.07. The van der Waals surface area contributed by atoms with Gasteiger partial charge in [-0.3, -0.25) is 4.79 Å². The number of aliphatic hydroxyl groups is 1. The molecule has 0 radical (unpaired) electrons. The van der Waals surface area contributed by atoms with Crippen molar-refractivity contribution < 1.29 is 9.90 Å². The lowest BCUT2D eigenvalue weighted by Crippen LogP contribution is -2.19. The van der Waals surface area contributed by atoms with Crippen LogP contribution in [0.5, 0.6) is 0 Å². The van der Waals surface area contributed by atoms with Crippen molar-refractivity contribution in [3.63, 3.8) is 0 Å². The molecule has 0 aromatic carbocycles. The number of hydrogen-bond acceptors (Lipinski definition) is 2. The van der Waals surface area contributed by atoms with Gasteiger partial charge in [0, 0.05) is 13.5 Å². The van der Waals surface area contributed by atoms with Gasteiger partial charge in [0.1, 0.15) is 0 Å². The van der Waals surface area contributed by atoms with Gasteiger partial charge in [0.2, 0.25) is 5.91 Å². The predicted molar refractivity (Wildman–Crippen MR) is 62.7 cm³/mol. The van der Waals surface area contributed by atoms with Crippen LogP contribution in [0.25, 0.3) is 0 Å². The van der Waals surface area contributed by atoms with E-state index in [1.54, 1.807) is 7.05 Å². The van der Waals surface area contributed by atoms with Crippen LogP contribution < -0.4 is 5.32 Å². The van der Waals surface area contributed by atoms with Crippen molar-refractivity contribution in [1.82, 2.24) is 5.32 Å². The molecule has 0 saturated heterocycles. The maximum Gasteiger partial charge on any atom is 0.219 e. The molecule has 2 N–H and O–H groups in total. The summed E-state index contributed by atoms with van der Waals surface area (Å²) in [6.45, 7) is 2.19. The van der Waals surface area contributed by atoms with Gasteiger partial charge in [0.05, 0.1) is 6.10 Å². The lowest BCUT2D eigenvalue weighted by atomic mass is 10.0. The maximum absolute atomic E-state index is 10.9. The van der Waals surface area contributed by atoms with E-state index in [2.05, 4.69) is 12.2 Å². The van der Waals surface area contributed by atoms with E-state index in [9.17, 15) is 9.90 Å². The van der Waals surface area contributed by atoms with E-state index >= 15 is 0 Å². The van der Waals surface area contributed by atoms with Crippen LogP contribution in [0.15, 0.2) is 0 Å². The second kappa shape index (κ2) is 9.97. The number of carbonyl (C=O) groups is 1. The Balaban J connectivity index is 3.25. The van der Waals surface area contributed by atoms with Gasteiger partial charge in [-0.15, -0.1) is 0 Å². The van der Waals surface area contributed by atoms with E-state index in [0.29, 0.717) is 12.8 Å². The largest absolute Gasteiger partial charge is 0.393 e. The molecule has 1 atom stereocenters. The SMILES string of the molecule is CCCCCCCC(O)CCC(=O)NC. The Labute approximate surface area is 93.3 Å². The zero-order valence-corrected chi connectivity index (χ0v) is 10.1. The van der Waals surface area contributed by atoms with Gasteiger partial charge in [-0.05, 0) is 12.8 Å². The molecule has 0 aromatic heterocycles. The van der Waals surface area contributed by atoms with Crippen LogP contribution in [0, 0.1) is 0 Å². The summed E-state index contributed by atoms with van der Waals surface area (Å²) in [5.74, 6) is 0.0139. The summed E-state index contributed by atoms with van der Waals surface area (Å²) in [6.07, 6.45) is 7.64. The zero-order valence-electron chi connectivity index (χ0n) is 10.1. The highest BCUT2D eigenvalue weighted by molar-refractivity contribution is 5.75. The van der Waals surface area contributed by atoms with Crippen molar-refractivity contribution in [1.29, 1.82) is 0 Å². The summed E-state index contributed by atoms with van der Waals surface area (Å²) in [7, 11) is 1.62. The molecule has 0 spiro atoms. The fraction of sp³-hybridized carbons (Fsp3) is 0.917. The monoisotopic (exact) mass is 215 g/mol. The first-order chi connectivity index (χ1) is 7.20. The highest BCUT2D eigenvalue weighted by Gasteiger charge is 2.06. The molecule has 0 bridgehead atoms. The van der Waals surface area contributed by atoms with Crippen molar-refractivity contribution in [2.45, 2.75) is 64.4 Å². The number of rotatable bonds is 9. The topological polar surface area (TPSA) is 49.3 Å². The molecular formula is C12H25NO2. The Hall–Kier alpha value is -0.570. The third-order valence-electron chi connectivity index (χ3n) is 2.62. The molecule has 3 heteroatoms. The average Bonchev–Trinajstić information content (AvgIpc) is 2.25. The van der Waals surface area contributed by atoms with Gasteiger partial charge in [-0.25, -0.2) is 0 Å². The van der Waals surface area contributed by atoms with E-state index in [1.807, 2.05) is 0 Å². The molecule has 0 aliphatic rings. The molecule has 1 amide bonds. The molecule has 0 aliphatic heterocycles. The molecule has 90 valence electrons. The van der Waals surface area contributed by atoms with Crippen LogP contribution in [-0.4, -0.2) is 24.2 Å². The van der Waals surface area contributed by atoms with Crippen LogP contribution in [0.2, 0.25) is 0 Å². The van der Waals surface area contributed by atoms with Crippen molar-refractivity contribution in [3.05, 3.63) is 0 Å². The van der Waals surface area contributed by atoms with Crippen LogP contribution in [0.1, 0.15) is 58.3 Å². The van der Waals surface area contributed by atoms with E-state index in [-0.39, 0.29) is 12.0 Å². The zero-order chi connectivity index (χ0) is 11.5. The van der Waals surface area contributed by atoms with Gasteiger partial charge in [0.15, 0.2) is 0 Å². The minimum Gasteiger partial charge on any atom is -0.393 e. The van der Waals surface area contributed by atoms with E-state index < -0.39 is 0 Å². The Bertz CT molecular complexity index is 160. The Morgan fingerprint density at radius 2 is 1.87 bits per heavy atom. The van der Waals surface area contributed by atoms with Crippen molar-refractivity contribution >= 4 is 5.91 Å². The highest BCUT2D eigenvalue weighted by Crippen LogP contribution is 2.10. The smallest absolute Gasteiger partial charge is 0.219 e. The summed E-state index contributed by atoms with van der Waals surface area (Å²) in [6, 6.07) is 0. The normalized spacial score (nSPS) is 12.5. The Morgan fingerprint density at radius 1 is 1.20 bits per heavy atom. The van der Waals surface area contributed by atoms with E-state index in [1.165, 1.54) is 25.7 Å². The third kappa shape index (κ3) is 9.73. The molecular weight excluding hydrogens is 190 g/mol. The minimum absolute atomic E-state index is 0.0139. The van der Waals surface area contributed by atoms with Crippen LogP contribution in [0.3, 0.4) is 0 Å². The maximum atomic E-state index is 10.9. The molecule has 0 fully saturated rings. The van der Waals surface area contributed by atoms with E-state index in [4.69, 9.17) is 0 Å². The molecule has 0 heterocycles. The fourth-order valence-electron chi connectivity index (χ4n) is 1.55. The van der Waals surface area contributed by atoms with Crippen LogP contribution >= 0.6 is 0 Å². The Morgan fingerprint density at radius 3 is 2.47 bits per heavy atom. The first-order valence-electron chi connectivity index (χ1n) is 6.09. The summed E-state index contributed by atoms with van der Waals surface area (Å²) < 4.78 is 0. The molecule has 1 unspecified atom stereocenters. The predicted octanol–water partition coefficient (Wildman–Crippen LogP) is 2.23. The van der Waals surface area contributed by atoms with Crippen molar-refractivity contribution in [2.75, 3.05) is 7.05 Å². The summed E-state index contributed by atoms with van der Waals surface area (Å²) in [5, 5.41) is 12.1. The lowest BCUT2D eigenvalue weighted by molar-refractivity contribution is -0.121. The number of aliphatic hydroxyl groups excluding tert-OH is 1. The number of unbranched alkanes of at least 4 members (excludes halogenated alkanes) is 4. The van der Waals surface area contributed by atoms with Gasteiger partial charge >= 0.3 is 0 Å². The third-order valence-corrected chi connectivity index (χ3v) is 2.62. The van der Waals surface area contributed by atoms with Crippen molar-refractivity contribution in [3.8, 4) is 0 Å². The van der Waals surface area contributed by atoms with Crippen LogP contribution in [-0.2, 0) is 4.79 Å². The molecule has 3 nitrogen and oxygen atoms in total. The number of carbonyl (C=O) groups excluding carboxylic acids is 1. The Kier molecular flexibility index (Phi) is 9.59. The number of hydrogen-bond donors (Lipinski definition) is 2. The summed E-state index contributed by atoms with van der Waals surface area (Å²) >= 11 is 0. The van der Waals surface area contributed by atoms with Crippen LogP contribution in [0.4, 0.5) is 0 Å². The molecule has 15 heavy (non-hydrogen) atoms. The standard InChI is InChI=1S/C12H25NO2/c1-3-4-5-6-7-8-11(14)9-10-12(15)13-2/h11,14H,3-10H2,1-2H3,(H,13,15). The summed E-state index contributed by atoms with van der Waals surface area (Å²) in [4.78, 5) is 10.9. The first kappa shape index (κ1) is 14.4. The van der Waals surface area contributed by atoms with Crippen molar-refractivity contribution in [2.24, 2.45) is 0 Å². The average molecular weight is 215 g/mol. The minimum atomic E-state index is -0.302. The molecule has 0 saturated carbocycles. The molecule has 0 rings (SSSR count). The molecule has 0 aliphatic carbocycles. The van der Waals surface area contributed by atoms with E-state index in [0.717, 1.165) is 12.8 Å². The van der Waals surface area contributed by atoms with Gasteiger partial charge in [0.25, 0.3) is 0 Å². The van der Waals surface area contributed by atoms with Gasteiger partial charge in [-0.1, -0.05) is 39.0 Å². The number of nitrogens with one attached hydrogen (secondary N) is 1. The highest BCUT2D eigenvalue weighted by atomic mass is 16.3. The first-order valence-corrected chi connectivity index (χ1v) is 6.09. The number of amides is 1. The fourth-order valence-corrected chi connectivity index (χ4v) is 1.55. The van der Waals surface area contributed by atoms with Gasteiger partial charge < -0.3 is 10.4 Å². The quantitative estimate of drug-likeness (QED) is 0.579. The lowest BCUT2D eigenvalue weighted by Gasteiger charge is -2.09. The summed E-state index contributed by atoms with van der Waals surface area (Å²) in [5.41, 5.74) is 0.